The van der Waals surface area contributed by atoms with Gasteiger partial charge in [0, 0.05) is 28.1 Å². The molecule has 0 heterocycles. The maximum absolute atomic E-state index is 6.36. The molecule has 1 aromatic carbocycles. The summed E-state index contributed by atoms with van der Waals surface area (Å²) in [5.41, 5.74) is 7.15. The first-order valence-corrected chi connectivity index (χ1v) is 7.75. The smallest absolute Gasteiger partial charge is 0.0488 e. The Hall–Kier alpha value is -0.0900. The van der Waals surface area contributed by atoms with E-state index in [1.54, 1.807) is 0 Å². The third-order valence-electron chi connectivity index (χ3n) is 3.44. The Labute approximate surface area is 123 Å². The fourth-order valence-corrected chi connectivity index (χ4v) is 3.27. The first-order valence-electron chi connectivity index (χ1n) is 6.58. The van der Waals surface area contributed by atoms with Gasteiger partial charge in [0.1, 0.15) is 0 Å². The third-order valence-corrected chi connectivity index (χ3v) is 4.26. The van der Waals surface area contributed by atoms with E-state index < -0.39 is 0 Å². The zero-order valence-electron chi connectivity index (χ0n) is 10.7. The molecular weight excluding hydrogens is 312 g/mol. The Bertz CT molecular complexity index is 407. The van der Waals surface area contributed by atoms with Crippen LogP contribution in [-0.4, -0.2) is 24.0 Å². The zero-order valence-corrected chi connectivity index (χ0v) is 13.0. The number of hydrogen-bond acceptors (Lipinski definition) is 2. The van der Waals surface area contributed by atoms with Gasteiger partial charge in [-0.15, -0.1) is 0 Å². The van der Waals surface area contributed by atoms with Crippen molar-refractivity contribution in [1.29, 1.82) is 0 Å². The van der Waals surface area contributed by atoms with E-state index >= 15 is 0 Å². The molecule has 0 radical (unpaired) electrons. The molecule has 0 saturated heterocycles. The van der Waals surface area contributed by atoms with Gasteiger partial charge in [-0.2, -0.15) is 0 Å². The van der Waals surface area contributed by atoms with Crippen molar-refractivity contribution in [3.05, 3.63) is 33.3 Å². The first kappa shape index (κ1) is 14.3. The van der Waals surface area contributed by atoms with Crippen LogP contribution in [0.25, 0.3) is 0 Å². The van der Waals surface area contributed by atoms with E-state index in [0.29, 0.717) is 12.6 Å². The average molecular weight is 332 g/mol. The van der Waals surface area contributed by atoms with E-state index in [-0.39, 0.29) is 6.04 Å². The Balaban J connectivity index is 2.25. The summed E-state index contributed by atoms with van der Waals surface area (Å²) in [4.78, 5) is 2.52. The van der Waals surface area contributed by atoms with E-state index in [2.05, 4.69) is 33.8 Å². The molecule has 100 valence electrons. The van der Waals surface area contributed by atoms with Gasteiger partial charge in [0.05, 0.1) is 0 Å². The van der Waals surface area contributed by atoms with Gasteiger partial charge < -0.3 is 5.73 Å². The Morgan fingerprint density at radius 1 is 1.50 bits per heavy atom. The summed E-state index contributed by atoms with van der Waals surface area (Å²) >= 11 is 9.81. The minimum Gasteiger partial charge on any atom is -0.329 e. The standard InChI is InChI=1S/C14H20BrClN2/c1-2-7-18(11-4-5-11)14(9-17)12-6-3-10(15)8-13(12)16/h3,6,8,11,14H,2,4-5,7,9,17H2,1H3. The number of rotatable bonds is 6. The minimum atomic E-state index is 0.248. The number of nitrogens with two attached hydrogens (primary N) is 1. The van der Waals surface area contributed by atoms with Crippen molar-refractivity contribution in [1.82, 2.24) is 4.90 Å². The third kappa shape index (κ3) is 3.27. The minimum absolute atomic E-state index is 0.248. The second-order valence-corrected chi connectivity index (χ2v) is 6.21. The Kier molecular flexibility index (Phi) is 5.07. The molecule has 1 aromatic rings. The normalized spacial score (nSPS) is 17.2. The van der Waals surface area contributed by atoms with E-state index in [1.807, 2.05) is 12.1 Å². The summed E-state index contributed by atoms with van der Waals surface area (Å²) in [7, 11) is 0. The fourth-order valence-electron chi connectivity index (χ4n) is 2.47. The molecule has 1 atom stereocenters. The van der Waals surface area contributed by atoms with Gasteiger partial charge in [-0.05, 0) is 43.5 Å². The fraction of sp³-hybridized carbons (Fsp3) is 0.571. The van der Waals surface area contributed by atoms with Gasteiger partial charge in [0.2, 0.25) is 0 Å². The van der Waals surface area contributed by atoms with E-state index in [1.165, 1.54) is 12.8 Å². The molecule has 1 unspecified atom stereocenters. The maximum Gasteiger partial charge on any atom is 0.0488 e. The molecule has 18 heavy (non-hydrogen) atoms. The van der Waals surface area contributed by atoms with Crippen molar-refractivity contribution >= 4 is 27.5 Å². The van der Waals surface area contributed by atoms with E-state index in [4.69, 9.17) is 17.3 Å². The Morgan fingerprint density at radius 3 is 2.72 bits per heavy atom. The molecule has 0 amide bonds. The topological polar surface area (TPSA) is 29.3 Å². The van der Waals surface area contributed by atoms with Gasteiger partial charge in [-0.25, -0.2) is 0 Å². The van der Waals surface area contributed by atoms with Crippen molar-refractivity contribution in [2.45, 2.75) is 38.3 Å². The molecule has 0 bridgehead atoms. The molecule has 1 aliphatic rings. The number of benzene rings is 1. The number of hydrogen-bond donors (Lipinski definition) is 1. The molecule has 1 saturated carbocycles. The monoisotopic (exact) mass is 330 g/mol. The van der Waals surface area contributed by atoms with Crippen molar-refractivity contribution in [2.75, 3.05) is 13.1 Å². The van der Waals surface area contributed by atoms with Crippen LogP contribution >= 0.6 is 27.5 Å². The molecular formula is C14H20BrClN2. The lowest BCUT2D eigenvalue weighted by Crippen LogP contribution is -2.36. The summed E-state index contributed by atoms with van der Waals surface area (Å²) < 4.78 is 1.01. The highest BCUT2D eigenvalue weighted by molar-refractivity contribution is 9.10. The molecule has 0 spiro atoms. The summed E-state index contributed by atoms with van der Waals surface area (Å²) in [6.45, 7) is 3.93. The molecule has 0 aromatic heterocycles. The molecule has 2 nitrogen and oxygen atoms in total. The van der Waals surface area contributed by atoms with Crippen molar-refractivity contribution in [3.8, 4) is 0 Å². The first-order chi connectivity index (χ1) is 8.67. The van der Waals surface area contributed by atoms with Crippen LogP contribution in [0.3, 0.4) is 0 Å². The van der Waals surface area contributed by atoms with Crippen LogP contribution in [0.2, 0.25) is 5.02 Å². The van der Waals surface area contributed by atoms with Gasteiger partial charge in [-0.3, -0.25) is 4.90 Å². The molecule has 2 rings (SSSR count). The SMILES string of the molecule is CCCN(C1CC1)C(CN)c1ccc(Br)cc1Cl. The lowest BCUT2D eigenvalue weighted by atomic mass is 10.0. The maximum atomic E-state index is 6.36. The van der Waals surface area contributed by atoms with Crippen LogP contribution < -0.4 is 5.73 Å². The lowest BCUT2D eigenvalue weighted by molar-refractivity contribution is 0.191. The van der Waals surface area contributed by atoms with Crippen LogP contribution in [0.15, 0.2) is 22.7 Å². The lowest BCUT2D eigenvalue weighted by Gasteiger charge is -2.31. The highest BCUT2D eigenvalue weighted by Crippen LogP contribution is 2.37. The highest BCUT2D eigenvalue weighted by atomic mass is 79.9. The second-order valence-electron chi connectivity index (χ2n) is 4.89. The van der Waals surface area contributed by atoms with Gasteiger partial charge in [0.15, 0.2) is 0 Å². The van der Waals surface area contributed by atoms with Gasteiger partial charge in [0.25, 0.3) is 0 Å². The molecule has 0 aliphatic heterocycles. The van der Waals surface area contributed by atoms with Crippen molar-refractivity contribution in [2.24, 2.45) is 5.73 Å². The van der Waals surface area contributed by atoms with Crippen LogP contribution in [-0.2, 0) is 0 Å². The number of halogens is 2. The van der Waals surface area contributed by atoms with E-state index in [9.17, 15) is 0 Å². The number of nitrogens with zero attached hydrogens (tertiary/aromatic N) is 1. The molecule has 1 aliphatic carbocycles. The van der Waals surface area contributed by atoms with Crippen molar-refractivity contribution < 1.29 is 0 Å². The van der Waals surface area contributed by atoms with Crippen LogP contribution in [0, 0.1) is 0 Å². The largest absolute Gasteiger partial charge is 0.329 e. The molecule has 2 N–H and O–H groups in total. The highest BCUT2D eigenvalue weighted by Gasteiger charge is 2.34. The predicted molar refractivity (Wildman–Crippen MR) is 81.0 cm³/mol. The van der Waals surface area contributed by atoms with Gasteiger partial charge in [-0.1, -0.05) is 40.5 Å². The molecule has 4 heteroatoms. The summed E-state index contributed by atoms with van der Waals surface area (Å²) in [5.74, 6) is 0. The van der Waals surface area contributed by atoms with Crippen LogP contribution in [0.1, 0.15) is 37.8 Å². The second kappa shape index (κ2) is 6.38. The van der Waals surface area contributed by atoms with Crippen LogP contribution in [0.5, 0.6) is 0 Å². The summed E-state index contributed by atoms with van der Waals surface area (Å²) in [5, 5.41) is 0.807. The summed E-state index contributed by atoms with van der Waals surface area (Å²) in [6, 6.07) is 7.04. The van der Waals surface area contributed by atoms with Crippen molar-refractivity contribution in [3.63, 3.8) is 0 Å². The van der Waals surface area contributed by atoms with Crippen LogP contribution in [0.4, 0.5) is 0 Å². The zero-order chi connectivity index (χ0) is 13.1. The Morgan fingerprint density at radius 2 is 2.22 bits per heavy atom. The van der Waals surface area contributed by atoms with Gasteiger partial charge >= 0.3 is 0 Å². The van der Waals surface area contributed by atoms with E-state index in [0.717, 1.165) is 28.0 Å². The average Bonchev–Trinajstić information content (AvgIpc) is 3.15. The quantitative estimate of drug-likeness (QED) is 0.854. The molecule has 1 fully saturated rings. The predicted octanol–water partition coefficient (Wildman–Crippen LogP) is 3.98. The summed E-state index contributed by atoms with van der Waals surface area (Å²) in [6.07, 6.45) is 3.75.